The van der Waals surface area contributed by atoms with Gasteiger partial charge in [0.25, 0.3) is 0 Å². The van der Waals surface area contributed by atoms with E-state index in [0.29, 0.717) is 5.56 Å². The first-order valence-electron chi connectivity index (χ1n) is 4.93. The molecule has 0 amide bonds. The van der Waals surface area contributed by atoms with Crippen LogP contribution < -0.4 is 0 Å². The average Bonchev–Trinajstić information content (AvgIpc) is 2.96. The van der Waals surface area contributed by atoms with Crippen LogP contribution in [0.2, 0.25) is 0 Å². The van der Waals surface area contributed by atoms with Crippen LogP contribution >= 0.6 is 0 Å². The fourth-order valence-electron chi connectivity index (χ4n) is 1.81. The predicted octanol–water partition coefficient (Wildman–Crippen LogP) is 2.79. The van der Waals surface area contributed by atoms with Gasteiger partial charge in [0.2, 0.25) is 0 Å². The van der Waals surface area contributed by atoms with Crippen LogP contribution in [0.25, 0.3) is 0 Å². The highest BCUT2D eigenvalue weighted by Gasteiger charge is 2.42. The van der Waals surface area contributed by atoms with Gasteiger partial charge in [0, 0.05) is 12.1 Å². The summed E-state index contributed by atoms with van der Waals surface area (Å²) in [5.41, 5.74) is -0.176. The molecule has 1 aromatic heterocycles. The molecule has 1 saturated carbocycles. The molecule has 5 heteroatoms. The van der Waals surface area contributed by atoms with E-state index in [2.05, 4.69) is 4.98 Å². The molecule has 0 aliphatic heterocycles. The maximum Gasteiger partial charge on any atom is 0.433 e. The van der Waals surface area contributed by atoms with Crippen molar-refractivity contribution in [2.24, 2.45) is 5.92 Å². The summed E-state index contributed by atoms with van der Waals surface area (Å²) in [5, 5.41) is 0. The number of nitrogens with zero attached hydrogens (tertiary/aromatic N) is 1. The van der Waals surface area contributed by atoms with Crippen LogP contribution in [0.15, 0.2) is 18.3 Å². The van der Waals surface area contributed by atoms with E-state index in [0.717, 1.165) is 12.5 Å². The standard InChI is InChI=1S/C11H10F3NO/c1-6(16)8-4-9(8)7-2-3-10(15-5-7)11(12,13)14/h2-3,5,8-9H,4H2,1H3/t8-,9+/m0/s1. The number of hydrogen-bond donors (Lipinski definition) is 0. The number of carbonyl (C=O) groups is 1. The molecule has 1 aromatic rings. The first-order valence-corrected chi connectivity index (χ1v) is 4.93. The SMILES string of the molecule is CC(=O)[C@@H]1C[C@@H]1c1ccc(C(F)(F)F)nc1. The zero-order chi connectivity index (χ0) is 11.9. The molecule has 2 nitrogen and oxygen atoms in total. The van der Waals surface area contributed by atoms with Crippen molar-refractivity contribution < 1.29 is 18.0 Å². The van der Waals surface area contributed by atoms with E-state index >= 15 is 0 Å². The number of pyridine rings is 1. The minimum Gasteiger partial charge on any atom is -0.300 e. The molecular weight excluding hydrogens is 219 g/mol. The Bertz CT molecular complexity index is 410. The number of ketones is 1. The van der Waals surface area contributed by atoms with Gasteiger partial charge in [0.15, 0.2) is 0 Å². The van der Waals surface area contributed by atoms with Gasteiger partial charge >= 0.3 is 6.18 Å². The zero-order valence-corrected chi connectivity index (χ0v) is 8.58. The largest absolute Gasteiger partial charge is 0.433 e. The van der Waals surface area contributed by atoms with Crippen LogP contribution in [0, 0.1) is 5.92 Å². The molecule has 0 unspecified atom stereocenters. The maximum absolute atomic E-state index is 12.2. The summed E-state index contributed by atoms with van der Waals surface area (Å²) >= 11 is 0. The molecule has 0 N–H and O–H groups in total. The first kappa shape index (κ1) is 11.1. The summed E-state index contributed by atoms with van der Waals surface area (Å²) in [6.07, 6.45) is -2.46. The Morgan fingerprint density at radius 3 is 2.50 bits per heavy atom. The number of halogens is 3. The quantitative estimate of drug-likeness (QED) is 0.780. The lowest BCUT2D eigenvalue weighted by molar-refractivity contribution is -0.141. The third-order valence-corrected chi connectivity index (χ3v) is 2.82. The van der Waals surface area contributed by atoms with Crippen LogP contribution in [-0.2, 0) is 11.0 Å². The van der Waals surface area contributed by atoms with Crippen molar-refractivity contribution in [3.05, 3.63) is 29.6 Å². The van der Waals surface area contributed by atoms with Gasteiger partial charge in [-0.1, -0.05) is 6.07 Å². The number of aromatic nitrogens is 1. The van der Waals surface area contributed by atoms with Gasteiger partial charge in [-0.3, -0.25) is 9.78 Å². The fraction of sp³-hybridized carbons (Fsp3) is 0.455. The second kappa shape index (κ2) is 3.57. The summed E-state index contributed by atoms with van der Waals surface area (Å²) in [4.78, 5) is 14.4. The summed E-state index contributed by atoms with van der Waals surface area (Å²) in [6, 6.07) is 2.37. The Kier molecular flexibility index (Phi) is 2.48. The van der Waals surface area contributed by atoms with Gasteiger partial charge in [0.1, 0.15) is 11.5 Å². The van der Waals surface area contributed by atoms with Crippen molar-refractivity contribution in [1.82, 2.24) is 4.98 Å². The highest BCUT2D eigenvalue weighted by molar-refractivity contribution is 5.82. The van der Waals surface area contributed by atoms with Crippen molar-refractivity contribution in [2.45, 2.75) is 25.4 Å². The molecule has 2 rings (SSSR count). The first-order chi connectivity index (χ1) is 7.39. The van der Waals surface area contributed by atoms with Crippen LogP contribution in [0.4, 0.5) is 13.2 Å². The molecule has 86 valence electrons. The molecule has 0 radical (unpaired) electrons. The van der Waals surface area contributed by atoms with Crippen LogP contribution in [0.5, 0.6) is 0 Å². The minimum absolute atomic E-state index is 0.0291. The van der Waals surface area contributed by atoms with E-state index in [4.69, 9.17) is 0 Å². The van der Waals surface area contributed by atoms with E-state index < -0.39 is 11.9 Å². The molecule has 2 atom stereocenters. The lowest BCUT2D eigenvalue weighted by Crippen LogP contribution is -2.07. The van der Waals surface area contributed by atoms with Crippen molar-refractivity contribution in [3.63, 3.8) is 0 Å². The zero-order valence-electron chi connectivity index (χ0n) is 8.58. The molecule has 1 heterocycles. The molecule has 1 fully saturated rings. The van der Waals surface area contributed by atoms with Gasteiger partial charge in [-0.2, -0.15) is 13.2 Å². The van der Waals surface area contributed by atoms with Gasteiger partial charge in [-0.05, 0) is 30.9 Å². The number of hydrogen-bond acceptors (Lipinski definition) is 2. The second-order valence-electron chi connectivity index (χ2n) is 4.03. The number of carbonyl (C=O) groups excluding carboxylic acids is 1. The van der Waals surface area contributed by atoms with E-state index in [9.17, 15) is 18.0 Å². The lowest BCUT2D eigenvalue weighted by Gasteiger charge is -2.05. The van der Waals surface area contributed by atoms with Crippen molar-refractivity contribution >= 4 is 5.78 Å². The Labute approximate surface area is 90.5 Å². The van der Waals surface area contributed by atoms with Crippen LogP contribution in [-0.4, -0.2) is 10.8 Å². The molecule has 0 spiro atoms. The Balaban J connectivity index is 2.13. The molecule has 1 aliphatic carbocycles. The monoisotopic (exact) mass is 229 g/mol. The molecule has 0 saturated heterocycles. The average molecular weight is 229 g/mol. The van der Waals surface area contributed by atoms with Crippen molar-refractivity contribution in [3.8, 4) is 0 Å². The number of rotatable bonds is 2. The van der Waals surface area contributed by atoms with Gasteiger partial charge in [-0.25, -0.2) is 0 Å². The van der Waals surface area contributed by atoms with Crippen molar-refractivity contribution in [1.29, 1.82) is 0 Å². The summed E-state index contributed by atoms with van der Waals surface area (Å²) in [7, 11) is 0. The normalized spacial score (nSPS) is 24.2. The lowest BCUT2D eigenvalue weighted by atomic mass is 10.1. The molecule has 1 aliphatic rings. The number of alkyl halides is 3. The van der Waals surface area contributed by atoms with E-state index in [1.807, 2.05) is 0 Å². The second-order valence-corrected chi connectivity index (χ2v) is 4.03. The smallest absolute Gasteiger partial charge is 0.300 e. The molecule has 0 bridgehead atoms. The topological polar surface area (TPSA) is 30.0 Å². The Morgan fingerprint density at radius 1 is 1.44 bits per heavy atom. The summed E-state index contributed by atoms with van der Waals surface area (Å²) < 4.78 is 36.7. The summed E-state index contributed by atoms with van der Waals surface area (Å²) in [5.74, 6) is 0.121. The molecular formula is C11H10F3NO. The van der Waals surface area contributed by atoms with E-state index in [-0.39, 0.29) is 17.6 Å². The van der Waals surface area contributed by atoms with Crippen LogP contribution in [0.3, 0.4) is 0 Å². The molecule has 0 aromatic carbocycles. The van der Waals surface area contributed by atoms with Crippen molar-refractivity contribution in [2.75, 3.05) is 0 Å². The number of Topliss-reactive ketones (excluding diaryl/α,β-unsaturated/α-hetero) is 1. The van der Waals surface area contributed by atoms with Gasteiger partial charge < -0.3 is 0 Å². The predicted molar refractivity (Wildman–Crippen MR) is 50.8 cm³/mol. The minimum atomic E-state index is -4.40. The Hall–Kier alpha value is -1.39. The van der Waals surface area contributed by atoms with Crippen LogP contribution in [0.1, 0.15) is 30.5 Å². The van der Waals surface area contributed by atoms with Gasteiger partial charge in [0.05, 0.1) is 0 Å². The third-order valence-electron chi connectivity index (χ3n) is 2.82. The summed E-state index contributed by atoms with van der Waals surface area (Å²) in [6.45, 7) is 1.50. The highest BCUT2D eigenvalue weighted by atomic mass is 19.4. The van der Waals surface area contributed by atoms with E-state index in [1.165, 1.54) is 19.2 Å². The third kappa shape index (κ3) is 2.08. The van der Waals surface area contributed by atoms with Gasteiger partial charge in [-0.15, -0.1) is 0 Å². The highest BCUT2D eigenvalue weighted by Crippen LogP contribution is 2.47. The maximum atomic E-state index is 12.2. The fourth-order valence-corrected chi connectivity index (χ4v) is 1.81. The molecule has 16 heavy (non-hydrogen) atoms. The van der Waals surface area contributed by atoms with E-state index in [1.54, 1.807) is 0 Å². The Morgan fingerprint density at radius 2 is 2.12 bits per heavy atom.